The van der Waals surface area contributed by atoms with Crippen LogP contribution < -0.4 is 4.90 Å². The second kappa shape index (κ2) is 7.87. The fraction of sp³-hybridized carbons (Fsp3) is 0.400. The van der Waals surface area contributed by atoms with Crippen LogP contribution in [0.1, 0.15) is 25.3 Å². The molecule has 1 aliphatic rings. The van der Waals surface area contributed by atoms with Crippen molar-refractivity contribution in [3.05, 3.63) is 59.4 Å². The monoisotopic (exact) mass is 357 g/mol. The molecule has 0 bridgehead atoms. The van der Waals surface area contributed by atoms with Gasteiger partial charge < -0.3 is 9.80 Å². The van der Waals surface area contributed by atoms with Crippen molar-refractivity contribution in [2.45, 2.75) is 19.8 Å². The average Bonchev–Trinajstić information content (AvgIpc) is 2.64. The number of carbonyl (C=O) groups excluding carboxylic acids is 1. The molecule has 2 aromatic rings. The molecule has 1 aliphatic heterocycles. The van der Waals surface area contributed by atoms with Gasteiger partial charge in [0, 0.05) is 49.3 Å². The minimum absolute atomic E-state index is 0.121. The zero-order chi connectivity index (χ0) is 17.8. The van der Waals surface area contributed by atoms with Gasteiger partial charge in [0.1, 0.15) is 0 Å². The number of nitrogens with zero attached hydrogens (tertiary/aromatic N) is 3. The lowest BCUT2D eigenvalue weighted by atomic mass is 9.87. The third kappa shape index (κ3) is 4.13. The predicted molar refractivity (Wildman–Crippen MR) is 102 cm³/mol. The zero-order valence-electron chi connectivity index (χ0n) is 14.7. The highest BCUT2D eigenvalue weighted by molar-refractivity contribution is 6.30. The Morgan fingerprint density at radius 3 is 2.16 bits per heavy atom. The topological polar surface area (TPSA) is 36.4 Å². The van der Waals surface area contributed by atoms with Gasteiger partial charge in [0.05, 0.1) is 5.92 Å². The van der Waals surface area contributed by atoms with Crippen molar-refractivity contribution < 1.29 is 4.79 Å². The molecule has 0 unspecified atom stereocenters. The summed E-state index contributed by atoms with van der Waals surface area (Å²) in [6.07, 6.45) is 3.62. The van der Waals surface area contributed by atoms with Crippen LogP contribution in [-0.4, -0.2) is 42.0 Å². The maximum Gasteiger partial charge on any atom is 0.230 e. The largest absolute Gasteiger partial charge is 0.368 e. The number of aromatic nitrogens is 1. The summed E-state index contributed by atoms with van der Waals surface area (Å²) in [5.41, 5.74) is 2.21. The molecule has 1 fully saturated rings. The van der Waals surface area contributed by atoms with Gasteiger partial charge in [-0.1, -0.05) is 37.6 Å². The highest BCUT2D eigenvalue weighted by atomic mass is 35.5. The molecule has 0 aliphatic carbocycles. The first-order valence-corrected chi connectivity index (χ1v) is 9.13. The number of halogens is 1. The number of hydrogen-bond donors (Lipinski definition) is 0. The van der Waals surface area contributed by atoms with Crippen molar-refractivity contribution in [2.75, 3.05) is 31.1 Å². The highest BCUT2D eigenvalue weighted by Gasteiger charge is 2.30. The number of hydrogen-bond acceptors (Lipinski definition) is 3. The van der Waals surface area contributed by atoms with Crippen molar-refractivity contribution >= 4 is 23.2 Å². The maximum atomic E-state index is 13.1. The van der Waals surface area contributed by atoms with Gasteiger partial charge in [-0.2, -0.15) is 0 Å². The average molecular weight is 358 g/mol. The Balaban J connectivity index is 1.68. The summed E-state index contributed by atoms with van der Waals surface area (Å²) in [4.78, 5) is 21.5. The Morgan fingerprint density at radius 2 is 1.60 bits per heavy atom. The molecule has 1 aromatic carbocycles. The van der Waals surface area contributed by atoms with E-state index in [0.717, 1.165) is 31.7 Å². The first-order valence-electron chi connectivity index (χ1n) is 8.75. The van der Waals surface area contributed by atoms with Crippen LogP contribution in [0.3, 0.4) is 0 Å². The van der Waals surface area contributed by atoms with Gasteiger partial charge in [-0.15, -0.1) is 0 Å². The van der Waals surface area contributed by atoms with Crippen LogP contribution in [-0.2, 0) is 4.79 Å². The molecule has 4 nitrogen and oxygen atoms in total. The van der Waals surface area contributed by atoms with E-state index in [9.17, 15) is 4.79 Å². The lowest BCUT2D eigenvalue weighted by Gasteiger charge is -2.38. The minimum atomic E-state index is -0.121. The lowest BCUT2D eigenvalue weighted by Crippen LogP contribution is -2.50. The van der Waals surface area contributed by atoms with Crippen molar-refractivity contribution in [3.8, 4) is 0 Å². The number of rotatable bonds is 4. The van der Waals surface area contributed by atoms with Crippen LogP contribution in [0.15, 0.2) is 48.8 Å². The maximum absolute atomic E-state index is 13.1. The molecule has 0 saturated carbocycles. The van der Waals surface area contributed by atoms with Crippen LogP contribution in [0.2, 0.25) is 5.02 Å². The summed E-state index contributed by atoms with van der Waals surface area (Å²) < 4.78 is 0. The summed E-state index contributed by atoms with van der Waals surface area (Å²) in [6.45, 7) is 7.40. The molecular formula is C20H24ClN3O. The molecule has 1 atom stereocenters. The van der Waals surface area contributed by atoms with Gasteiger partial charge in [0.25, 0.3) is 0 Å². The van der Waals surface area contributed by atoms with E-state index in [0.29, 0.717) is 5.02 Å². The molecule has 132 valence electrons. The highest BCUT2D eigenvalue weighted by Crippen LogP contribution is 2.28. The smallest absolute Gasteiger partial charge is 0.230 e. The number of anilines is 1. The van der Waals surface area contributed by atoms with Crippen LogP contribution in [0.4, 0.5) is 5.69 Å². The molecule has 2 heterocycles. The molecular weight excluding hydrogens is 334 g/mol. The Morgan fingerprint density at radius 1 is 1.00 bits per heavy atom. The van der Waals surface area contributed by atoms with E-state index < -0.39 is 0 Å². The molecule has 1 aromatic heterocycles. The first kappa shape index (κ1) is 17.7. The van der Waals surface area contributed by atoms with E-state index in [1.807, 2.05) is 53.7 Å². The Kier molecular flexibility index (Phi) is 5.59. The van der Waals surface area contributed by atoms with E-state index in [-0.39, 0.29) is 17.7 Å². The summed E-state index contributed by atoms with van der Waals surface area (Å²) in [5.74, 6) is 0.336. The minimum Gasteiger partial charge on any atom is -0.368 e. The molecule has 1 amide bonds. The fourth-order valence-corrected chi connectivity index (χ4v) is 3.55. The quantitative estimate of drug-likeness (QED) is 0.834. The van der Waals surface area contributed by atoms with E-state index in [4.69, 9.17) is 11.6 Å². The fourth-order valence-electron chi connectivity index (χ4n) is 3.42. The standard InChI is InChI=1S/C20H24ClN3O/c1-15(2)19(16-3-5-17(21)6-4-16)20(25)24-13-11-23(12-14-24)18-7-9-22-10-8-18/h3-10,15,19H,11-14H2,1-2H3/t19-/m1/s1. The van der Waals surface area contributed by atoms with Gasteiger partial charge in [0.2, 0.25) is 5.91 Å². The normalized spacial score (nSPS) is 16.2. The van der Waals surface area contributed by atoms with Crippen molar-refractivity contribution in [1.82, 2.24) is 9.88 Å². The number of benzene rings is 1. The molecule has 25 heavy (non-hydrogen) atoms. The van der Waals surface area contributed by atoms with E-state index in [1.165, 1.54) is 5.69 Å². The van der Waals surface area contributed by atoms with Gasteiger partial charge in [-0.05, 0) is 35.7 Å². The summed E-state index contributed by atoms with van der Waals surface area (Å²) >= 11 is 5.99. The van der Waals surface area contributed by atoms with E-state index in [1.54, 1.807) is 0 Å². The molecule has 0 spiro atoms. The van der Waals surface area contributed by atoms with Crippen molar-refractivity contribution in [2.24, 2.45) is 5.92 Å². The van der Waals surface area contributed by atoms with Crippen LogP contribution in [0.25, 0.3) is 0 Å². The second-order valence-corrected chi connectivity index (χ2v) is 7.23. The van der Waals surface area contributed by atoms with Gasteiger partial charge in [0.15, 0.2) is 0 Å². The third-order valence-electron chi connectivity index (χ3n) is 4.78. The predicted octanol–water partition coefficient (Wildman–Crippen LogP) is 3.82. The van der Waals surface area contributed by atoms with Crippen molar-refractivity contribution in [3.63, 3.8) is 0 Å². The Bertz CT molecular complexity index is 695. The van der Waals surface area contributed by atoms with E-state index in [2.05, 4.69) is 23.7 Å². The lowest BCUT2D eigenvalue weighted by molar-refractivity contribution is -0.134. The summed E-state index contributed by atoms with van der Waals surface area (Å²) in [6, 6.07) is 11.7. The molecule has 3 rings (SSSR count). The van der Waals surface area contributed by atoms with E-state index >= 15 is 0 Å². The Hall–Kier alpha value is -2.07. The molecule has 0 N–H and O–H groups in total. The SMILES string of the molecule is CC(C)[C@@H](C(=O)N1CCN(c2ccncc2)CC1)c1ccc(Cl)cc1. The summed E-state index contributed by atoms with van der Waals surface area (Å²) in [7, 11) is 0. The van der Waals surface area contributed by atoms with Crippen LogP contribution >= 0.6 is 11.6 Å². The molecule has 0 radical (unpaired) electrons. The summed E-state index contributed by atoms with van der Waals surface area (Å²) in [5, 5.41) is 0.699. The zero-order valence-corrected chi connectivity index (χ0v) is 15.5. The number of pyridine rings is 1. The number of piperazine rings is 1. The van der Waals surface area contributed by atoms with Gasteiger partial charge in [-0.25, -0.2) is 0 Å². The Labute approximate surface area is 154 Å². The molecule has 5 heteroatoms. The van der Waals surface area contributed by atoms with Gasteiger partial charge in [-0.3, -0.25) is 9.78 Å². The second-order valence-electron chi connectivity index (χ2n) is 6.79. The van der Waals surface area contributed by atoms with Crippen molar-refractivity contribution in [1.29, 1.82) is 0 Å². The number of amides is 1. The van der Waals surface area contributed by atoms with Gasteiger partial charge >= 0.3 is 0 Å². The third-order valence-corrected chi connectivity index (χ3v) is 5.03. The van der Waals surface area contributed by atoms with Crippen LogP contribution in [0, 0.1) is 5.92 Å². The molecule has 1 saturated heterocycles. The van der Waals surface area contributed by atoms with Crippen LogP contribution in [0.5, 0.6) is 0 Å². The first-order chi connectivity index (χ1) is 12.1. The number of carbonyl (C=O) groups is 1.